The summed E-state index contributed by atoms with van der Waals surface area (Å²) in [6.45, 7) is 4.93. The second-order valence-electron chi connectivity index (χ2n) is 6.07. The van der Waals surface area contributed by atoms with Gasteiger partial charge in [0.2, 0.25) is 11.8 Å². The quantitative estimate of drug-likeness (QED) is 0.611. The van der Waals surface area contributed by atoms with Crippen molar-refractivity contribution in [3.05, 3.63) is 53.9 Å². The highest BCUT2D eigenvalue weighted by Crippen LogP contribution is 2.24. The lowest BCUT2D eigenvalue weighted by atomic mass is 10.1. The van der Waals surface area contributed by atoms with Crippen molar-refractivity contribution in [3.63, 3.8) is 0 Å². The third kappa shape index (κ3) is 4.75. The summed E-state index contributed by atoms with van der Waals surface area (Å²) in [6, 6.07) is 11.6. The van der Waals surface area contributed by atoms with Crippen molar-refractivity contribution in [3.8, 4) is 11.6 Å². The lowest BCUT2D eigenvalue weighted by Gasteiger charge is -2.09. The first-order valence-corrected chi connectivity index (χ1v) is 8.65. The summed E-state index contributed by atoms with van der Waals surface area (Å²) in [6.07, 6.45) is 2.74. The molecule has 0 bridgehead atoms. The highest BCUT2D eigenvalue weighted by atomic mass is 16.5. The van der Waals surface area contributed by atoms with Crippen molar-refractivity contribution in [1.82, 2.24) is 15.3 Å². The number of rotatable bonds is 8. The van der Waals surface area contributed by atoms with Gasteiger partial charge in [-0.15, -0.1) is 0 Å². The molecule has 6 heteroatoms. The molecule has 3 aromatic rings. The minimum absolute atomic E-state index is 0.0167. The van der Waals surface area contributed by atoms with Gasteiger partial charge in [-0.2, -0.15) is 0 Å². The molecule has 2 heterocycles. The molecule has 0 spiro atoms. The maximum absolute atomic E-state index is 11.0. The topological polar surface area (TPSA) is 76.2 Å². The number of nitrogens with one attached hydrogen (secondary N) is 2. The Balaban J connectivity index is 1.55. The number of amides is 1. The lowest BCUT2D eigenvalue weighted by molar-refractivity contribution is -0.118. The van der Waals surface area contributed by atoms with E-state index < -0.39 is 0 Å². The molecule has 2 N–H and O–H groups in total. The van der Waals surface area contributed by atoms with Crippen molar-refractivity contribution >= 4 is 16.8 Å². The summed E-state index contributed by atoms with van der Waals surface area (Å²) in [5.74, 6) is 1.38. The minimum Gasteiger partial charge on any atom is -0.490 e. The Morgan fingerprint density at radius 1 is 1.19 bits per heavy atom. The fourth-order valence-corrected chi connectivity index (χ4v) is 2.73. The number of carbonyl (C=O) groups is 1. The Hall–Kier alpha value is -3.02. The maximum Gasteiger partial charge on any atom is 0.216 e. The molecule has 0 saturated carbocycles. The number of fused-ring (bicyclic) bond motifs is 1. The van der Waals surface area contributed by atoms with E-state index in [1.165, 1.54) is 6.92 Å². The summed E-state index contributed by atoms with van der Waals surface area (Å²) in [5.41, 5.74) is 3.13. The van der Waals surface area contributed by atoms with Crippen LogP contribution < -0.4 is 14.8 Å². The molecule has 0 fully saturated rings. The van der Waals surface area contributed by atoms with Crippen molar-refractivity contribution in [2.75, 3.05) is 19.8 Å². The van der Waals surface area contributed by atoms with Gasteiger partial charge in [0.25, 0.3) is 0 Å². The van der Waals surface area contributed by atoms with Crippen molar-refractivity contribution < 1.29 is 14.3 Å². The van der Waals surface area contributed by atoms with Crippen LogP contribution in [0.3, 0.4) is 0 Å². The maximum atomic E-state index is 11.0. The molecular formula is C20H23N3O3. The van der Waals surface area contributed by atoms with Gasteiger partial charge >= 0.3 is 0 Å². The average molecular weight is 353 g/mol. The van der Waals surface area contributed by atoms with E-state index in [9.17, 15) is 4.79 Å². The Kier molecular flexibility index (Phi) is 5.73. The highest BCUT2D eigenvalue weighted by Gasteiger charge is 2.06. The largest absolute Gasteiger partial charge is 0.490 e. The van der Waals surface area contributed by atoms with E-state index >= 15 is 0 Å². The number of pyridine rings is 1. The number of benzene rings is 1. The fourth-order valence-electron chi connectivity index (χ4n) is 2.73. The van der Waals surface area contributed by atoms with Crippen LogP contribution in [0.1, 0.15) is 18.2 Å². The summed E-state index contributed by atoms with van der Waals surface area (Å²) < 4.78 is 11.4. The van der Waals surface area contributed by atoms with Crippen molar-refractivity contribution in [2.45, 2.75) is 20.3 Å². The molecule has 0 aliphatic rings. The number of ether oxygens (including phenoxy) is 2. The van der Waals surface area contributed by atoms with Crippen LogP contribution in [-0.2, 0) is 11.2 Å². The van der Waals surface area contributed by atoms with Gasteiger partial charge in [-0.05, 0) is 43.2 Å². The molecule has 6 nitrogen and oxygen atoms in total. The van der Waals surface area contributed by atoms with Gasteiger partial charge in [0.1, 0.15) is 19.0 Å². The predicted octanol–water partition coefficient (Wildman–Crippen LogP) is 3.01. The van der Waals surface area contributed by atoms with Crippen molar-refractivity contribution in [2.24, 2.45) is 0 Å². The first-order chi connectivity index (χ1) is 12.6. The molecule has 0 aliphatic carbocycles. The average Bonchev–Trinajstić information content (AvgIpc) is 3.01. The number of nitrogens with zero attached hydrogens (tertiary/aromatic N) is 1. The fraction of sp³-hybridized carbons (Fsp3) is 0.300. The zero-order chi connectivity index (χ0) is 18.4. The number of carbonyl (C=O) groups excluding carboxylic acids is 1. The Morgan fingerprint density at radius 3 is 2.85 bits per heavy atom. The van der Waals surface area contributed by atoms with Gasteiger partial charge in [-0.1, -0.05) is 6.07 Å². The molecule has 0 atom stereocenters. The van der Waals surface area contributed by atoms with Crippen LogP contribution in [0.4, 0.5) is 0 Å². The van der Waals surface area contributed by atoms with E-state index in [1.807, 2.05) is 49.5 Å². The third-order valence-electron chi connectivity index (χ3n) is 3.97. The van der Waals surface area contributed by atoms with E-state index in [1.54, 1.807) is 0 Å². The SMILES string of the molecule is CC(=O)NCCc1c[nH]c2ccc(OCCOc3cccc(C)n3)cc12. The van der Waals surface area contributed by atoms with Gasteiger partial charge in [-0.3, -0.25) is 4.79 Å². The van der Waals surface area contributed by atoms with Gasteiger partial charge < -0.3 is 19.8 Å². The highest BCUT2D eigenvalue weighted by molar-refractivity contribution is 5.84. The zero-order valence-corrected chi connectivity index (χ0v) is 15.0. The summed E-state index contributed by atoms with van der Waals surface area (Å²) >= 11 is 0. The first-order valence-electron chi connectivity index (χ1n) is 8.65. The van der Waals surface area contributed by atoms with Gasteiger partial charge in [-0.25, -0.2) is 4.98 Å². The van der Waals surface area contributed by atoms with Crippen LogP contribution in [0, 0.1) is 6.92 Å². The van der Waals surface area contributed by atoms with E-state index in [4.69, 9.17) is 9.47 Å². The number of aromatic amines is 1. The number of hydrogen-bond acceptors (Lipinski definition) is 4. The molecular weight excluding hydrogens is 330 g/mol. The van der Waals surface area contributed by atoms with Crippen LogP contribution in [0.25, 0.3) is 10.9 Å². The third-order valence-corrected chi connectivity index (χ3v) is 3.97. The summed E-state index contributed by atoms with van der Waals surface area (Å²) in [7, 11) is 0. The van der Waals surface area contributed by atoms with Gasteiger partial charge in [0.05, 0.1) is 0 Å². The molecule has 3 rings (SSSR count). The van der Waals surface area contributed by atoms with Crippen LogP contribution in [0.5, 0.6) is 11.6 Å². The molecule has 136 valence electrons. The van der Waals surface area contributed by atoms with Crippen LogP contribution in [0.2, 0.25) is 0 Å². The molecule has 1 amide bonds. The normalized spacial score (nSPS) is 10.7. The van der Waals surface area contributed by atoms with Gasteiger partial charge in [0.15, 0.2) is 0 Å². The van der Waals surface area contributed by atoms with E-state index in [2.05, 4.69) is 15.3 Å². The monoisotopic (exact) mass is 353 g/mol. The van der Waals surface area contributed by atoms with Crippen LogP contribution >= 0.6 is 0 Å². The standard InChI is InChI=1S/C20H23N3O3/c1-14-4-3-5-20(23-14)26-11-10-25-17-6-7-19-18(12-17)16(13-22-19)8-9-21-15(2)24/h3-7,12-13,22H,8-11H2,1-2H3,(H,21,24). The van der Waals surface area contributed by atoms with E-state index in [0.717, 1.165) is 34.3 Å². The molecule has 0 radical (unpaired) electrons. The molecule has 0 aliphatic heterocycles. The molecule has 0 saturated heterocycles. The van der Waals surface area contributed by atoms with Crippen LogP contribution in [0.15, 0.2) is 42.6 Å². The first kappa shape index (κ1) is 17.8. The molecule has 26 heavy (non-hydrogen) atoms. The van der Waals surface area contributed by atoms with E-state index in [-0.39, 0.29) is 5.91 Å². The number of H-pyrrole nitrogens is 1. The lowest BCUT2D eigenvalue weighted by Crippen LogP contribution is -2.22. The second-order valence-corrected chi connectivity index (χ2v) is 6.07. The minimum atomic E-state index is -0.0167. The summed E-state index contributed by atoms with van der Waals surface area (Å²) in [4.78, 5) is 18.5. The Labute approximate surface area is 152 Å². The van der Waals surface area contributed by atoms with Gasteiger partial charge in [0, 0.05) is 42.3 Å². The van der Waals surface area contributed by atoms with Crippen LogP contribution in [-0.4, -0.2) is 35.6 Å². The number of hydrogen-bond donors (Lipinski definition) is 2. The second kappa shape index (κ2) is 8.38. The van der Waals surface area contributed by atoms with Crippen molar-refractivity contribution in [1.29, 1.82) is 0 Å². The zero-order valence-electron chi connectivity index (χ0n) is 15.0. The predicted molar refractivity (Wildman–Crippen MR) is 101 cm³/mol. The Morgan fingerprint density at radius 2 is 2.04 bits per heavy atom. The summed E-state index contributed by atoms with van der Waals surface area (Å²) in [5, 5.41) is 3.92. The molecule has 0 unspecified atom stereocenters. The number of aromatic nitrogens is 2. The smallest absolute Gasteiger partial charge is 0.216 e. The number of aryl methyl sites for hydroxylation is 1. The molecule has 2 aromatic heterocycles. The van der Waals surface area contributed by atoms with E-state index in [0.29, 0.717) is 25.6 Å². The Bertz CT molecular complexity index is 889. The molecule has 1 aromatic carbocycles.